The van der Waals surface area contributed by atoms with Crippen molar-refractivity contribution >= 4 is 11.8 Å². The maximum atomic E-state index is 6.32. The highest BCUT2D eigenvalue weighted by molar-refractivity contribution is 5.69. The zero-order valence-electron chi connectivity index (χ0n) is 14.9. The van der Waals surface area contributed by atoms with E-state index < -0.39 is 0 Å². The van der Waals surface area contributed by atoms with Gasteiger partial charge in [-0.05, 0) is 79.0 Å². The maximum absolute atomic E-state index is 6.32. The molecule has 2 aliphatic carbocycles. The van der Waals surface area contributed by atoms with Crippen LogP contribution in [-0.4, -0.2) is 14.1 Å². The molecule has 0 N–H and O–H groups in total. The molecule has 1 aromatic carbocycles. The maximum Gasteiger partial charge on any atom is 0.107 e. The van der Waals surface area contributed by atoms with E-state index in [-0.39, 0.29) is 0 Å². The Labute approximate surface area is 145 Å². The van der Waals surface area contributed by atoms with Crippen molar-refractivity contribution in [3.63, 3.8) is 0 Å². The molecule has 0 spiro atoms. The predicted octanol–water partition coefficient (Wildman–Crippen LogP) is 5.82. The molecule has 126 valence electrons. The van der Waals surface area contributed by atoms with Crippen LogP contribution in [0.1, 0.15) is 56.9 Å². The van der Waals surface area contributed by atoms with Crippen LogP contribution >= 0.6 is 0 Å². The highest BCUT2D eigenvalue weighted by Crippen LogP contribution is 2.45. The van der Waals surface area contributed by atoms with E-state index in [2.05, 4.69) is 49.3 Å². The molecule has 0 saturated heterocycles. The third-order valence-corrected chi connectivity index (χ3v) is 5.45. The molecule has 1 heterocycles. The number of benzene rings is 1. The van der Waals surface area contributed by atoms with Gasteiger partial charge in [-0.2, -0.15) is 0 Å². The molecule has 0 unspecified atom stereocenters. The molecule has 0 fully saturated rings. The van der Waals surface area contributed by atoms with Gasteiger partial charge in [0.25, 0.3) is 0 Å². The molecule has 0 aromatic heterocycles. The van der Waals surface area contributed by atoms with Crippen molar-refractivity contribution < 1.29 is 4.74 Å². The Morgan fingerprint density at radius 3 is 1.88 bits per heavy atom. The molecule has 2 nitrogen and oxygen atoms in total. The second-order valence-electron chi connectivity index (χ2n) is 7.36. The lowest BCUT2D eigenvalue weighted by Gasteiger charge is -2.33. The summed E-state index contributed by atoms with van der Waals surface area (Å²) in [5, 5.41) is 0. The van der Waals surface area contributed by atoms with E-state index in [4.69, 9.17) is 4.74 Å². The standard InChI is InChI=1S/C22H27NO/c1-23(2)17-13-11-16(12-14-17)15-20-18-7-3-5-9-21(18)24-22-10-6-4-8-19(20)22/h11-15H,3-10H2,1-2H3. The second kappa shape index (κ2) is 6.51. The Morgan fingerprint density at radius 2 is 1.33 bits per heavy atom. The van der Waals surface area contributed by atoms with Crippen LogP contribution in [0, 0.1) is 0 Å². The molecular formula is C22H27NO. The Kier molecular flexibility index (Phi) is 4.22. The van der Waals surface area contributed by atoms with Crippen LogP contribution in [0.4, 0.5) is 5.69 Å². The first-order valence-electron chi connectivity index (χ1n) is 9.34. The minimum atomic E-state index is 1.11. The number of nitrogens with zero attached hydrogens (tertiary/aromatic N) is 1. The van der Waals surface area contributed by atoms with Crippen molar-refractivity contribution in [3.8, 4) is 0 Å². The summed E-state index contributed by atoms with van der Waals surface area (Å²) < 4.78 is 6.32. The van der Waals surface area contributed by atoms with Gasteiger partial charge in [-0.15, -0.1) is 0 Å². The van der Waals surface area contributed by atoms with Crippen molar-refractivity contribution in [2.75, 3.05) is 19.0 Å². The SMILES string of the molecule is CN(C)c1ccc(C=C2C3=C(CCCC3)OC3=C2CCCC3)cc1. The van der Waals surface area contributed by atoms with Crippen molar-refractivity contribution in [3.05, 3.63) is 58.1 Å². The van der Waals surface area contributed by atoms with E-state index in [0.717, 1.165) is 12.8 Å². The Balaban J connectivity index is 1.74. The molecule has 1 aromatic rings. The van der Waals surface area contributed by atoms with Gasteiger partial charge in [-0.3, -0.25) is 0 Å². The van der Waals surface area contributed by atoms with Crippen molar-refractivity contribution in [1.29, 1.82) is 0 Å². The molecule has 3 aliphatic rings. The van der Waals surface area contributed by atoms with Gasteiger partial charge in [-0.25, -0.2) is 0 Å². The lowest BCUT2D eigenvalue weighted by atomic mass is 9.81. The average Bonchev–Trinajstić information content (AvgIpc) is 2.62. The summed E-state index contributed by atoms with van der Waals surface area (Å²) in [6, 6.07) is 8.89. The molecule has 2 heteroatoms. The van der Waals surface area contributed by atoms with Gasteiger partial charge in [0.05, 0.1) is 0 Å². The average molecular weight is 321 g/mol. The van der Waals surface area contributed by atoms with E-state index in [0.29, 0.717) is 0 Å². The normalized spacial score (nSPS) is 20.3. The van der Waals surface area contributed by atoms with Crippen molar-refractivity contribution in [2.45, 2.75) is 51.4 Å². The highest BCUT2D eigenvalue weighted by Gasteiger charge is 2.29. The summed E-state index contributed by atoms with van der Waals surface area (Å²) in [6.45, 7) is 0. The summed E-state index contributed by atoms with van der Waals surface area (Å²) in [6.07, 6.45) is 12.1. The fourth-order valence-electron chi connectivity index (χ4n) is 4.09. The molecule has 4 rings (SSSR count). The fourth-order valence-corrected chi connectivity index (χ4v) is 4.09. The minimum absolute atomic E-state index is 1.11. The van der Waals surface area contributed by atoms with Crippen molar-refractivity contribution in [1.82, 2.24) is 0 Å². The van der Waals surface area contributed by atoms with Gasteiger partial charge in [0, 0.05) is 32.6 Å². The van der Waals surface area contributed by atoms with Crippen LogP contribution in [0.5, 0.6) is 0 Å². The lowest BCUT2D eigenvalue weighted by Crippen LogP contribution is -2.16. The van der Waals surface area contributed by atoms with Gasteiger partial charge in [-0.1, -0.05) is 12.1 Å². The van der Waals surface area contributed by atoms with Gasteiger partial charge < -0.3 is 9.64 Å². The van der Waals surface area contributed by atoms with Crippen LogP contribution in [-0.2, 0) is 4.74 Å². The summed E-state index contributed by atoms with van der Waals surface area (Å²) in [4.78, 5) is 2.15. The summed E-state index contributed by atoms with van der Waals surface area (Å²) >= 11 is 0. The molecular weight excluding hydrogens is 294 g/mol. The van der Waals surface area contributed by atoms with Gasteiger partial charge in [0.1, 0.15) is 11.5 Å². The number of rotatable bonds is 2. The number of anilines is 1. The number of allylic oxidation sites excluding steroid dienone is 5. The summed E-state index contributed by atoms with van der Waals surface area (Å²) in [7, 11) is 4.17. The van der Waals surface area contributed by atoms with E-state index in [1.165, 1.54) is 78.0 Å². The first kappa shape index (κ1) is 15.6. The van der Waals surface area contributed by atoms with Gasteiger partial charge in [0.15, 0.2) is 0 Å². The summed E-state index contributed by atoms with van der Waals surface area (Å²) in [5.41, 5.74) is 6.99. The van der Waals surface area contributed by atoms with Crippen LogP contribution in [0.2, 0.25) is 0 Å². The number of ether oxygens (including phenoxy) is 1. The van der Waals surface area contributed by atoms with E-state index in [1.807, 2.05) is 0 Å². The van der Waals surface area contributed by atoms with Gasteiger partial charge >= 0.3 is 0 Å². The monoisotopic (exact) mass is 321 g/mol. The molecule has 0 radical (unpaired) electrons. The Morgan fingerprint density at radius 1 is 0.792 bits per heavy atom. The highest BCUT2D eigenvalue weighted by atomic mass is 16.5. The fraction of sp³-hybridized carbons (Fsp3) is 0.455. The van der Waals surface area contributed by atoms with Crippen LogP contribution < -0.4 is 4.90 Å². The van der Waals surface area contributed by atoms with E-state index in [1.54, 1.807) is 0 Å². The Bertz CT molecular complexity index is 685. The number of hydrogen-bond acceptors (Lipinski definition) is 2. The predicted molar refractivity (Wildman–Crippen MR) is 101 cm³/mol. The quantitative estimate of drug-likeness (QED) is 0.680. The zero-order valence-corrected chi connectivity index (χ0v) is 14.9. The molecule has 0 bridgehead atoms. The topological polar surface area (TPSA) is 12.5 Å². The third-order valence-electron chi connectivity index (χ3n) is 5.45. The smallest absolute Gasteiger partial charge is 0.107 e. The molecule has 0 saturated carbocycles. The minimum Gasteiger partial charge on any atom is -0.465 e. The van der Waals surface area contributed by atoms with Gasteiger partial charge in [0.2, 0.25) is 0 Å². The van der Waals surface area contributed by atoms with Crippen LogP contribution in [0.15, 0.2) is 52.5 Å². The number of hydrogen-bond donors (Lipinski definition) is 0. The first-order chi connectivity index (χ1) is 11.7. The Hall–Kier alpha value is -1.96. The van der Waals surface area contributed by atoms with E-state index in [9.17, 15) is 0 Å². The molecule has 1 aliphatic heterocycles. The lowest BCUT2D eigenvalue weighted by molar-refractivity contribution is 0.242. The zero-order chi connectivity index (χ0) is 16.5. The first-order valence-corrected chi connectivity index (χ1v) is 9.34. The molecule has 0 amide bonds. The third kappa shape index (κ3) is 2.90. The second-order valence-corrected chi connectivity index (χ2v) is 7.36. The molecule has 24 heavy (non-hydrogen) atoms. The van der Waals surface area contributed by atoms with Crippen molar-refractivity contribution in [2.24, 2.45) is 0 Å². The van der Waals surface area contributed by atoms with Crippen LogP contribution in [0.25, 0.3) is 6.08 Å². The van der Waals surface area contributed by atoms with E-state index >= 15 is 0 Å². The summed E-state index contributed by atoms with van der Waals surface area (Å²) in [5.74, 6) is 2.52. The van der Waals surface area contributed by atoms with Crippen LogP contribution in [0.3, 0.4) is 0 Å². The molecule has 0 atom stereocenters. The largest absolute Gasteiger partial charge is 0.465 e.